The van der Waals surface area contributed by atoms with Crippen LogP contribution in [0.3, 0.4) is 0 Å². The lowest BCUT2D eigenvalue weighted by Gasteiger charge is -2.02. The van der Waals surface area contributed by atoms with Crippen LogP contribution in [-0.2, 0) is 9.53 Å². The zero-order valence-electron chi connectivity index (χ0n) is 12.5. The first kappa shape index (κ1) is 15.5. The number of hydrogen-bond donors (Lipinski definition) is 0. The zero-order valence-corrected chi connectivity index (χ0v) is 14.0. The third-order valence-corrected chi connectivity index (χ3v) is 3.68. The second kappa shape index (κ2) is 6.79. The van der Waals surface area contributed by atoms with Crippen LogP contribution in [0.15, 0.2) is 63.7 Å². The first-order valence-electron chi connectivity index (χ1n) is 7.17. The summed E-state index contributed by atoms with van der Waals surface area (Å²) in [6.45, 7) is 2.55. The molecule has 5 heteroatoms. The van der Waals surface area contributed by atoms with Crippen molar-refractivity contribution in [1.29, 1.82) is 0 Å². The van der Waals surface area contributed by atoms with E-state index in [0.717, 1.165) is 21.3 Å². The van der Waals surface area contributed by atoms with Crippen LogP contribution in [0.4, 0.5) is 0 Å². The molecule has 23 heavy (non-hydrogen) atoms. The molecule has 0 aromatic heterocycles. The topological polar surface area (TPSA) is 47.9 Å². The van der Waals surface area contributed by atoms with E-state index >= 15 is 0 Å². The highest BCUT2D eigenvalue weighted by atomic mass is 79.9. The van der Waals surface area contributed by atoms with Crippen LogP contribution in [0.1, 0.15) is 18.1 Å². The summed E-state index contributed by atoms with van der Waals surface area (Å²) in [6, 6.07) is 14.9. The number of esters is 1. The molecule has 0 atom stereocenters. The summed E-state index contributed by atoms with van der Waals surface area (Å²) < 4.78 is 11.5. The highest BCUT2D eigenvalue weighted by Gasteiger charge is 2.24. The largest absolute Gasteiger partial charge is 0.494 e. The fraction of sp³-hybridized carbons (Fsp3) is 0.111. The second-order valence-corrected chi connectivity index (χ2v) is 5.76. The van der Waals surface area contributed by atoms with Gasteiger partial charge in [-0.15, -0.1) is 0 Å². The quantitative estimate of drug-likeness (QED) is 0.597. The minimum Gasteiger partial charge on any atom is -0.494 e. The molecule has 0 radical (unpaired) electrons. The maximum absolute atomic E-state index is 12.0. The van der Waals surface area contributed by atoms with E-state index in [1.54, 1.807) is 6.08 Å². The van der Waals surface area contributed by atoms with Crippen molar-refractivity contribution in [2.24, 2.45) is 4.99 Å². The van der Waals surface area contributed by atoms with Gasteiger partial charge in [-0.3, -0.25) is 0 Å². The minimum absolute atomic E-state index is 0.282. The van der Waals surface area contributed by atoms with Gasteiger partial charge >= 0.3 is 5.97 Å². The number of ether oxygens (including phenoxy) is 2. The molecule has 0 fully saturated rings. The molecule has 0 aliphatic carbocycles. The lowest BCUT2D eigenvalue weighted by atomic mass is 10.2. The molecule has 4 nitrogen and oxygen atoms in total. The molecule has 0 amide bonds. The van der Waals surface area contributed by atoms with Crippen LogP contribution in [0.25, 0.3) is 6.08 Å². The smallest absolute Gasteiger partial charge is 0.363 e. The summed E-state index contributed by atoms with van der Waals surface area (Å²) in [6.07, 6.45) is 1.70. The van der Waals surface area contributed by atoms with Crippen molar-refractivity contribution in [3.63, 3.8) is 0 Å². The third-order valence-electron chi connectivity index (χ3n) is 3.19. The Labute approximate surface area is 142 Å². The number of benzene rings is 2. The van der Waals surface area contributed by atoms with Crippen molar-refractivity contribution in [2.75, 3.05) is 6.61 Å². The number of rotatable bonds is 4. The summed E-state index contributed by atoms with van der Waals surface area (Å²) in [5, 5.41) is 0. The standard InChI is InChI=1S/C18H14BrNO3/c1-2-22-15-8-6-12(7-9-15)10-16-18(21)23-17(20-16)13-4-3-5-14(19)11-13/h3-11H,2H2,1H3. The number of hydrogen-bond acceptors (Lipinski definition) is 4. The van der Waals surface area contributed by atoms with Crippen molar-refractivity contribution >= 4 is 33.9 Å². The van der Waals surface area contributed by atoms with E-state index < -0.39 is 5.97 Å². The molecule has 2 aromatic rings. The summed E-state index contributed by atoms with van der Waals surface area (Å²) in [7, 11) is 0. The Kier molecular flexibility index (Phi) is 4.57. The Hall–Kier alpha value is -2.40. The van der Waals surface area contributed by atoms with Crippen LogP contribution in [0.5, 0.6) is 5.75 Å². The second-order valence-electron chi connectivity index (χ2n) is 4.85. The van der Waals surface area contributed by atoms with Crippen LogP contribution < -0.4 is 4.74 Å². The molecule has 116 valence electrons. The van der Waals surface area contributed by atoms with Gasteiger partial charge in [0.1, 0.15) is 5.75 Å². The third kappa shape index (κ3) is 3.68. The van der Waals surface area contributed by atoms with Gasteiger partial charge in [0.15, 0.2) is 5.70 Å². The van der Waals surface area contributed by atoms with E-state index in [-0.39, 0.29) is 5.70 Å². The Bertz CT molecular complexity index is 794. The van der Waals surface area contributed by atoms with E-state index in [1.807, 2.05) is 55.5 Å². The fourth-order valence-corrected chi connectivity index (χ4v) is 2.54. The van der Waals surface area contributed by atoms with Gasteiger partial charge in [-0.1, -0.05) is 34.1 Å². The van der Waals surface area contributed by atoms with Gasteiger partial charge in [0.05, 0.1) is 6.61 Å². The molecular weight excluding hydrogens is 358 g/mol. The van der Waals surface area contributed by atoms with Gasteiger partial charge in [-0.25, -0.2) is 9.79 Å². The van der Waals surface area contributed by atoms with E-state index in [0.29, 0.717) is 12.5 Å². The number of nitrogens with zero attached hydrogens (tertiary/aromatic N) is 1. The maximum Gasteiger partial charge on any atom is 0.363 e. The van der Waals surface area contributed by atoms with Crippen molar-refractivity contribution in [3.05, 3.63) is 69.8 Å². The first-order chi connectivity index (χ1) is 11.2. The molecule has 1 heterocycles. The van der Waals surface area contributed by atoms with Crippen LogP contribution in [0.2, 0.25) is 0 Å². The maximum atomic E-state index is 12.0. The molecule has 0 saturated carbocycles. The Balaban J connectivity index is 1.85. The van der Waals surface area contributed by atoms with Gasteiger partial charge < -0.3 is 9.47 Å². The average Bonchev–Trinajstić information content (AvgIpc) is 2.91. The summed E-state index contributed by atoms with van der Waals surface area (Å²) >= 11 is 3.39. The molecule has 2 aromatic carbocycles. The molecule has 3 rings (SSSR count). The molecular formula is C18H14BrNO3. The van der Waals surface area contributed by atoms with E-state index in [4.69, 9.17) is 9.47 Å². The van der Waals surface area contributed by atoms with E-state index in [9.17, 15) is 4.79 Å². The molecule has 0 saturated heterocycles. The number of aliphatic imine (C=N–C) groups is 1. The molecule has 1 aliphatic heterocycles. The molecule has 0 spiro atoms. The van der Waals surface area contributed by atoms with Crippen molar-refractivity contribution in [1.82, 2.24) is 0 Å². The normalized spacial score (nSPS) is 15.5. The Morgan fingerprint density at radius 1 is 1.22 bits per heavy atom. The van der Waals surface area contributed by atoms with Crippen LogP contribution >= 0.6 is 15.9 Å². The van der Waals surface area contributed by atoms with Crippen molar-refractivity contribution in [2.45, 2.75) is 6.92 Å². The lowest BCUT2D eigenvalue weighted by molar-refractivity contribution is -0.129. The number of cyclic esters (lactones) is 1. The Morgan fingerprint density at radius 3 is 2.70 bits per heavy atom. The summed E-state index contributed by atoms with van der Waals surface area (Å²) in [5.74, 6) is 0.657. The first-order valence-corrected chi connectivity index (χ1v) is 7.96. The highest BCUT2D eigenvalue weighted by Crippen LogP contribution is 2.22. The molecule has 0 N–H and O–H groups in total. The van der Waals surface area contributed by atoms with Crippen LogP contribution in [0, 0.1) is 0 Å². The zero-order chi connectivity index (χ0) is 16.2. The van der Waals surface area contributed by atoms with Gasteiger partial charge in [0.25, 0.3) is 0 Å². The molecule has 0 unspecified atom stereocenters. The Morgan fingerprint density at radius 2 is 2.00 bits per heavy atom. The predicted octanol–water partition coefficient (Wildman–Crippen LogP) is 4.19. The SMILES string of the molecule is CCOc1ccc(C=C2N=C(c3cccc(Br)c3)OC2=O)cc1. The van der Waals surface area contributed by atoms with E-state index in [1.165, 1.54) is 0 Å². The van der Waals surface area contributed by atoms with E-state index in [2.05, 4.69) is 20.9 Å². The number of carbonyl (C=O) groups is 1. The van der Waals surface area contributed by atoms with Gasteiger partial charge in [-0.2, -0.15) is 0 Å². The summed E-state index contributed by atoms with van der Waals surface area (Å²) in [5.41, 5.74) is 1.89. The number of carbonyl (C=O) groups excluding carboxylic acids is 1. The van der Waals surface area contributed by atoms with Crippen LogP contribution in [-0.4, -0.2) is 18.5 Å². The fourth-order valence-electron chi connectivity index (χ4n) is 2.14. The lowest BCUT2D eigenvalue weighted by Crippen LogP contribution is -2.05. The van der Waals surface area contributed by atoms with Crippen molar-refractivity contribution in [3.8, 4) is 5.75 Å². The van der Waals surface area contributed by atoms with Gasteiger partial charge in [-0.05, 0) is 48.9 Å². The summed E-state index contributed by atoms with van der Waals surface area (Å²) in [4.78, 5) is 16.3. The highest BCUT2D eigenvalue weighted by molar-refractivity contribution is 9.10. The monoisotopic (exact) mass is 371 g/mol. The van der Waals surface area contributed by atoms with Crippen molar-refractivity contribution < 1.29 is 14.3 Å². The van der Waals surface area contributed by atoms with Gasteiger partial charge in [0, 0.05) is 10.0 Å². The molecule has 1 aliphatic rings. The average molecular weight is 372 g/mol. The number of halogens is 1. The van der Waals surface area contributed by atoms with Gasteiger partial charge in [0.2, 0.25) is 5.90 Å². The molecule has 0 bridgehead atoms. The minimum atomic E-state index is -0.450. The predicted molar refractivity (Wildman–Crippen MR) is 92.4 cm³/mol.